The minimum Gasteiger partial charge on any atom is -1.00 e. The molecule has 0 aromatic carbocycles. The molecule has 0 atom stereocenters. The maximum atomic E-state index is 12.5. The standard InChI is InChI=1S/C17H28N2O2.C17H32N2.Al.Li.4H/c20-15(18-9-3-4-10-18)13-17(7-1-2-8-17)14-16(21)19-11-5-6-12-19;1-2-8-17(7-1,9-15-18-11-3-4-12-18)10-16-19-13-5-6-14-19;;;;;;/h1-14H2;1-16H2;;;;;;/q;;;+1;;;;-1. The van der Waals surface area contributed by atoms with E-state index in [2.05, 4.69) is 9.80 Å². The molecule has 0 N–H and O–H groups in total. The van der Waals surface area contributed by atoms with Crippen LogP contribution in [-0.2, 0) is 9.59 Å². The smallest absolute Gasteiger partial charge is 1.00 e. The van der Waals surface area contributed by atoms with Gasteiger partial charge in [-0.05, 0) is 140 Å². The molecule has 4 heterocycles. The number of hydrogen-bond acceptors (Lipinski definition) is 4. The molecule has 6 nitrogen and oxygen atoms in total. The number of carbonyl (C=O) groups excluding carboxylic acids is 2. The first kappa shape index (κ1) is 36.5. The van der Waals surface area contributed by atoms with Crippen LogP contribution in [0.2, 0.25) is 0 Å². The summed E-state index contributed by atoms with van der Waals surface area (Å²) in [4.78, 5) is 34.5. The molecule has 236 valence electrons. The Morgan fingerprint density at radius 1 is 0.476 bits per heavy atom. The summed E-state index contributed by atoms with van der Waals surface area (Å²) in [5.74, 6) is 0.590. The van der Waals surface area contributed by atoms with Gasteiger partial charge in [0, 0.05) is 39.0 Å². The van der Waals surface area contributed by atoms with E-state index in [1.54, 1.807) is 0 Å². The van der Waals surface area contributed by atoms with E-state index < -0.39 is 0 Å². The zero-order valence-corrected chi connectivity index (χ0v) is 26.8. The molecule has 0 unspecified atom stereocenters. The molecule has 0 bridgehead atoms. The average Bonchev–Trinajstić information content (AvgIpc) is 3.81. The quantitative estimate of drug-likeness (QED) is 0.364. The molecule has 2 aliphatic carbocycles. The van der Waals surface area contributed by atoms with Gasteiger partial charge in [0.2, 0.25) is 11.8 Å². The maximum absolute atomic E-state index is 12.5. The first-order valence-corrected chi connectivity index (χ1v) is 17.6. The summed E-state index contributed by atoms with van der Waals surface area (Å²) in [6.07, 6.45) is 25.1. The Labute approximate surface area is 282 Å². The number of hydrogen-bond donors (Lipinski definition) is 0. The van der Waals surface area contributed by atoms with E-state index in [1.165, 1.54) is 116 Å². The Morgan fingerprint density at radius 2 is 0.786 bits per heavy atom. The largest absolute Gasteiger partial charge is 1.00 e. The molecule has 0 radical (unpaired) electrons. The topological polar surface area (TPSA) is 47.1 Å². The second-order valence-electron chi connectivity index (χ2n) is 14.5. The number of rotatable bonds is 10. The van der Waals surface area contributed by atoms with Gasteiger partial charge >= 0.3 is 18.9 Å². The fourth-order valence-electron chi connectivity index (χ4n) is 8.89. The second-order valence-corrected chi connectivity index (χ2v) is 14.5. The minimum atomic E-state index is -0.0284. The Bertz CT molecular complexity index is 746. The van der Waals surface area contributed by atoms with Crippen LogP contribution in [0.3, 0.4) is 0 Å². The third-order valence-electron chi connectivity index (χ3n) is 11.6. The van der Waals surface area contributed by atoms with Gasteiger partial charge in [0.25, 0.3) is 0 Å². The van der Waals surface area contributed by atoms with Crippen molar-refractivity contribution in [1.29, 1.82) is 0 Å². The van der Waals surface area contributed by atoms with Gasteiger partial charge in [-0.3, -0.25) is 9.59 Å². The molecule has 0 aromatic heterocycles. The Hall–Kier alpha value is -0.0101. The average molecular weight is 595 g/mol. The van der Waals surface area contributed by atoms with Crippen LogP contribution < -0.4 is 18.9 Å². The minimum absolute atomic E-state index is 0. The van der Waals surface area contributed by atoms with E-state index >= 15 is 0 Å². The Balaban J connectivity index is 0.000000282. The van der Waals surface area contributed by atoms with Gasteiger partial charge in [-0.15, -0.1) is 0 Å². The van der Waals surface area contributed by atoms with Gasteiger partial charge in [-0.1, -0.05) is 25.7 Å². The molecule has 6 rings (SSSR count). The molecule has 0 aromatic rings. The van der Waals surface area contributed by atoms with E-state index in [-0.39, 0.29) is 43.1 Å². The van der Waals surface area contributed by atoms with Crippen LogP contribution in [0, 0.1) is 10.8 Å². The third-order valence-corrected chi connectivity index (χ3v) is 11.6. The Morgan fingerprint density at radius 3 is 1.14 bits per heavy atom. The summed E-state index contributed by atoms with van der Waals surface area (Å²) >= 11 is 0. The number of nitrogens with zero attached hydrogens (tertiary/aromatic N) is 4. The zero-order valence-electron chi connectivity index (χ0n) is 27.8. The van der Waals surface area contributed by atoms with Gasteiger partial charge in [0.1, 0.15) is 0 Å². The van der Waals surface area contributed by atoms with Crippen molar-refractivity contribution in [3.8, 4) is 0 Å². The number of amides is 2. The summed E-state index contributed by atoms with van der Waals surface area (Å²) in [6.45, 7) is 12.0. The molecule has 4 saturated heterocycles. The van der Waals surface area contributed by atoms with Gasteiger partial charge in [0.05, 0.1) is 0 Å². The normalized spacial score (nSPS) is 25.2. The molecule has 6 fully saturated rings. The monoisotopic (exact) mass is 595 g/mol. The van der Waals surface area contributed by atoms with Crippen molar-refractivity contribution >= 4 is 29.2 Å². The predicted octanol–water partition coefficient (Wildman–Crippen LogP) is 2.02. The molecular weight excluding hydrogens is 530 g/mol. The van der Waals surface area contributed by atoms with Crippen LogP contribution >= 0.6 is 0 Å². The summed E-state index contributed by atoms with van der Waals surface area (Å²) < 4.78 is 0. The van der Waals surface area contributed by atoms with Crippen molar-refractivity contribution in [3.05, 3.63) is 0 Å². The van der Waals surface area contributed by atoms with Crippen LogP contribution in [0.1, 0.15) is 130 Å². The van der Waals surface area contributed by atoms with Crippen molar-refractivity contribution < 1.29 is 29.9 Å². The number of likely N-dealkylation sites (tertiary alicyclic amines) is 4. The van der Waals surface area contributed by atoms with E-state index in [4.69, 9.17) is 0 Å². The second kappa shape index (κ2) is 18.2. The van der Waals surface area contributed by atoms with Gasteiger partial charge in [-0.25, -0.2) is 0 Å². The Kier molecular flexibility index (Phi) is 15.8. The van der Waals surface area contributed by atoms with E-state index in [0.29, 0.717) is 24.7 Å². The molecule has 6 aliphatic rings. The van der Waals surface area contributed by atoms with E-state index in [1.807, 2.05) is 9.80 Å². The van der Waals surface area contributed by atoms with Crippen molar-refractivity contribution in [2.24, 2.45) is 10.8 Å². The van der Waals surface area contributed by atoms with Crippen LogP contribution in [0.5, 0.6) is 0 Å². The maximum Gasteiger partial charge on any atom is 1.00 e. The first-order valence-electron chi connectivity index (χ1n) is 17.6. The fourth-order valence-corrected chi connectivity index (χ4v) is 8.89. The molecular formula is C34H64AlLiN4O2. The third kappa shape index (κ3) is 10.5. The van der Waals surface area contributed by atoms with Crippen LogP contribution in [0.25, 0.3) is 0 Å². The molecule has 42 heavy (non-hydrogen) atoms. The molecule has 2 amide bonds. The van der Waals surface area contributed by atoms with Gasteiger partial charge < -0.3 is 21.0 Å². The molecule has 2 saturated carbocycles. The van der Waals surface area contributed by atoms with Crippen LogP contribution in [0.15, 0.2) is 0 Å². The van der Waals surface area contributed by atoms with Crippen LogP contribution in [-0.4, -0.2) is 114 Å². The van der Waals surface area contributed by atoms with Crippen molar-refractivity contribution in [1.82, 2.24) is 19.6 Å². The van der Waals surface area contributed by atoms with Crippen molar-refractivity contribution in [3.63, 3.8) is 0 Å². The predicted molar refractivity (Wildman–Crippen MR) is 174 cm³/mol. The van der Waals surface area contributed by atoms with E-state index in [0.717, 1.165) is 70.1 Å². The summed E-state index contributed by atoms with van der Waals surface area (Å²) in [6, 6.07) is 0. The van der Waals surface area contributed by atoms with Crippen LogP contribution in [0.4, 0.5) is 0 Å². The molecule has 4 aliphatic heterocycles. The van der Waals surface area contributed by atoms with Gasteiger partial charge in [0.15, 0.2) is 17.4 Å². The van der Waals surface area contributed by atoms with Gasteiger partial charge in [-0.2, -0.15) is 0 Å². The van der Waals surface area contributed by atoms with E-state index in [9.17, 15) is 9.59 Å². The first-order chi connectivity index (χ1) is 19.5. The van der Waals surface area contributed by atoms with Crippen molar-refractivity contribution in [2.45, 2.75) is 128 Å². The summed E-state index contributed by atoms with van der Waals surface area (Å²) in [5.41, 5.74) is 0.699. The molecule has 0 spiro atoms. The fraction of sp³-hybridized carbons (Fsp3) is 0.941. The molecule has 8 heteroatoms. The summed E-state index contributed by atoms with van der Waals surface area (Å²) in [5, 5.41) is 0. The van der Waals surface area contributed by atoms with Crippen molar-refractivity contribution in [2.75, 3.05) is 65.4 Å². The zero-order chi connectivity index (χ0) is 27.7. The number of carbonyl (C=O) groups is 2. The summed E-state index contributed by atoms with van der Waals surface area (Å²) in [7, 11) is 0. The SMILES string of the molecule is C1CCN(CCC2(CCN3CCCC3)CCCC2)C1.O=C(CC1(CC(=O)N2CCCC2)CCCC1)N1CCCC1.[AlH3].[H-].[Li+].